The summed E-state index contributed by atoms with van der Waals surface area (Å²) in [6.45, 7) is 18.5. The maximum absolute atomic E-state index is 12.7. The Balaban J connectivity index is 2.35. The van der Waals surface area contributed by atoms with Gasteiger partial charge in [0.1, 0.15) is 0 Å². The van der Waals surface area contributed by atoms with Gasteiger partial charge in [0.05, 0.1) is 0 Å². The van der Waals surface area contributed by atoms with Crippen molar-refractivity contribution in [3.63, 3.8) is 0 Å². The molecule has 0 radical (unpaired) electrons. The second-order valence-corrected chi connectivity index (χ2v) is 15.0. The molecule has 49 heavy (non-hydrogen) atoms. The average Bonchev–Trinajstić information content (AvgIpc) is 3.38. The van der Waals surface area contributed by atoms with E-state index in [-0.39, 0.29) is 0 Å². The van der Waals surface area contributed by atoms with Gasteiger partial charge >= 0.3 is 0 Å². The van der Waals surface area contributed by atoms with Gasteiger partial charge in [-0.2, -0.15) is 0 Å². The Labute approximate surface area is 303 Å². The largest absolute Gasteiger partial charge is 0.493 e. The second-order valence-electron chi connectivity index (χ2n) is 15.0. The topological polar surface area (TPSA) is 25.3 Å². The Bertz CT molecular complexity index is 1330. The van der Waals surface area contributed by atoms with Crippen LogP contribution in [0.25, 0.3) is 16.9 Å². The van der Waals surface area contributed by atoms with E-state index in [1.807, 2.05) is 0 Å². The van der Waals surface area contributed by atoms with Crippen LogP contribution in [-0.2, 0) is 38.5 Å². The summed E-state index contributed by atoms with van der Waals surface area (Å²) >= 11 is 0. The Morgan fingerprint density at radius 1 is 0.367 bits per heavy atom. The van der Waals surface area contributed by atoms with Crippen LogP contribution in [-0.4, -0.2) is 4.70 Å². The highest BCUT2D eigenvalue weighted by Gasteiger charge is 2.36. The van der Waals surface area contributed by atoms with Crippen LogP contribution in [0.4, 0.5) is 0 Å². The first-order chi connectivity index (χ1) is 23.9. The van der Waals surface area contributed by atoms with Crippen molar-refractivity contribution in [1.82, 2.24) is 0 Å². The fraction of sp³-hybridized carbons (Fsp3) is 0.660. The van der Waals surface area contributed by atoms with Crippen molar-refractivity contribution in [3.8, 4) is 0 Å². The van der Waals surface area contributed by atoms with Gasteiger partial charge in [0.15, 0.2) is 0 Å². The van der Waals surface area contributed by atoms with E-state index in [0.717, 1.165) is 82.0 Å². The Morgan fingerprint density at radius 2 is 0.735 bits per heavy atom. The maximum atomic E-state index is 12.7. The molecule has 0 atom stereocenters. The van der Waals surface area contributed by atoms with E-state index in [1.54, 1.807) is 15.8 Å². The molecule has 1 aliphatic rings. The molecule has 0 aromatic heterocycles. The van der Waals surface area contributed by atoms with Crippen LogP contribution in [0, 0.1) is 0 Å². The first-order valence-corrected chi connectivity index (χ1v) is 21.2. The third kappa shape index (κ3) is 11.0. The van der Waals surface area contributed by atoms with Crippen molar-refractivity contribution >= 4 is 11.4 Å². The number of benzene rings is 2. The van der Waals surface area contributed by atoms with Crippen molar-refractivity contribution in [3.05, 3.63) is 85.5 Å². The Morgan fingerprint density at radius 3 is 1.16 bits per heavy atom. The highest BCUT2D eigenvalue weighted by Crippen LogP contribution is 2.46. The predicted molar refractivity (Wildman–Crippen MR) is 216 cm³/mol. The summed E-state index contributed by atoms with van der Waals surface area (Å²) in [6.07, 6.45) is 26.9. The molecule has 0 saturated carbocycles. The van der Waals surface area contributed by atoms with Crippen LogP contribution in [0.15, 0.2) is 35.4 Å². The molecule has 0 N–H and O–H groups in total. The number of rotatable bonds is 25. The van der Waals surface area contributed by atoms with Gasteiger partial charge < -0.3 is 5.53 Å². The quantitative estimate of drug-likeness (QED) is 0.0744. The van der Waals surface area contributed by atoms with E-state index >= 15 is 0 Å². The lowest BCUT2D eigenvalue weighted by Gasteiger charge is -2.19. The van der Waals surface area contributed by atoms with Crippen molar-refractivity contribution in [1.29, 1.82) is 0 Å². The van der Waals surface area contributed by atoms with Crippen molar-refractivity contribution in [2.75, 3.05) is 0 Å². The zero-order valence-corrected chi connectivity index (χ0v) is 33.5. The number of aryl methyl sites for hydroxylation is 4. The van der Waals surface area contributed by atoms with Crippen LogP contribution in [0.1, 0.15) is 209 Å². The lowest BCUT2D eigenvalue weighted by Crippen LogP contribution is -2.09. The summed E-state index contributed by atoms with van der Waals surface area (Å²) in [4.78, 5) is 0. The molecular weight excluding hydrogens is 593 g/mol. The van der Waals surface area contributed by atoms with Gasteiger partial charge in [0, 0.05) is 22.3 Å². The molecule has 0 amide bonds. The summed E-state index contributed by atoms with van der Waals surface area (Å²) in [6, 6.07) is 9.97. The molecule has 0 bridgehead atoms. The average molecular weight is 667 g/mol. The summed E-state index contributed by atoms with van der Waals surface area (Å²) in [7, 11) is 0. The van der Waals surface area contributed by atoms with E-state index in [4.69, 9.17) is 0 Å². The number of nitrogens with zero attached hydrogens (tertiary/aromatic N) is 2. The summed E-state index contributed by atoms with van der Waals surface area (Å²) in [5, 5.41) is 0. The van der Waals surface area contributed by atoms with Gasteiger partial charge in [-0.15, -0.1) is 0 Å². The second kappa shape index (κ2) is 22.4. The molecule has 2 heteroatoms. The van der Waals surface area contributed by atoms with E-state index in [1.165, 1.54) is 122 Å². The third-order valence-corrected chi connectivity index (χ3v) is 10.8. The zero-order chi connectivity index (χ0) is 35.6. The van der Waals surface area contributed by atoms with Gasteiger partial charge in [-0.3, -0.25) is 0 Å². The smallest absolute Gasteiger partial charge is 0.211 e. The molecule has 0 aliphatic carbocycles. The zero-order valence-electron chi connectivity index (χ0n) is 33.5. The number of allylic oxidation sites excluding steroid dienone is 2. The minimum Gasteiger partial charge on any atom is -0.493 e. The first kappa shape index (κ1) is 40.9. The van der Waals surface area contributed by atoms with E-state index in [9.17, 15) is 5.53 Å². The van der Waals surface area contributed by atoms with Crippen LogP contribution in [0.2, 0.25) is 0 Å². The maximum Gasteiger partial charge on any atom is 0.211 e. The van der Waals surface area contributed by atoms with Gasteiger partial charge in [0.25, 0.3) is 0 Å². The number of hydrogen-bond acceptors (Lipinski definition) is 0. The van der Waals surface area contributed by atoms with Crippen LogP contribution >= 0.6 is 0 Å². The van der Waals surface area contributed by atoms with Gasteiger partial charge in [-0.05, 0) is 141 Å². The normalized spacial score (nSPS) is 13.4. The predicted octanol–water partition coefficient (Wildman–Crippen LogP) is 14.9. The molecule has 2 nitrogen and oxygen atoms in total. The van der Waals surface area contributed by atoms with E-state index in [2.05, 4.69) is 79.7 Å². The molecule has 1 heterocycles. The van der Waals surface area contributed by atoms with Crippen molar-refractivity contribution in [2.45, 2.75) is 203 Å². The molecule has 272 valence electrons. The summed E-state index contributed by atoms with van der Waals surface area (Å²) in [5.41, 5.74) is 29.4. The fourth-order valence-electron chi connectivity index (χ4n) is 8.15. The molecule has 3 rings (SSSR count). The van der Waals surface area contributed by atoms with Gasteiger partial charge in [0.2, 0.25) is 11.4 Å². The van der Waals surface area contributed by atoms with Gasteiger partial charge in [-0.25, -0.2) is 4.70 Å². The molecule has 2 aromatic carbocycles. The lowest BCUT2D eigenvalue weighted by molar-refractivity contribution is -0.345. The van der Waals surface area contributed by atoms with Crippen molar-refractivity contribution < 1.29 is 4.70 Å². The van der Waals surface area contributed by atoms with E-state index in [0.29, 0.717) is 0 Å². The lowest BCUT2D eigenvalue weighted by atomic mass is 9.86. The standard InChI is InChI=1S/C47H74N2/c1-9-17-22-23-31-45-44(30-21-13-5)46(41-34-38(27-18-10-2)43(29-20-12-4)39(35-41)28-19-11-3)49(48)47(45)40-32-36(24-14-6)42(26-16-8)37(33-40)25-15-7/h32-35H,9-31H2,1-8H3. The van der Waals surface area contributed by atoms with Crippen LogP contribution in [0.3, 0.4) is 0 Å². The SMILES string of the molecule is CCCCCCC1=C(c2cc(CCC)c(CCC)c(CCC)c2)[N+](=[N-])C(c2cc(CCCC)c(CCCC)c(CCCC)c2)=C1CCCC. The molecule has 0 saturated heterocycles. The molecule has 2 aromatic rings. The summed E-state index contributed by atoms with van der Waals surface area (Å²) < 4.78 is 1.69. The number of hydrogen-bond donors (Lipinski definition) is 0. The summed E-state index contributed by atoms with van der Waals surface area (Å²) in [5.74, 6) is 0. The highest BCUT2D eigenvalue weighted by molar-refractivity contribution is 5.83. The third-order valence-electron chi connectivity index (χ3n) is 10.8. The minimum atomic E-state index is 1.03. The van der Waals surface area contributed by atoms with Crippen LogP contribution < -0.4 is 0 Å². The molecular formula is C47H74N2. The monoisotopic (exact) mass is 667 g/mol. The number of unbranched alkanes of at least 4 members (excludes halogenated alkanes) is 7. The highest BCUT2D eigenvalue weighted by atomic mass is 15.2. The minimum absolute atomic E-state index is 1.03. The molecule has 1 aliphatic heterocycles. The van der Waals surface area contributed by atoms with Gasteiger partial charge in [-0.1, -0.05) is 120 Å². The Hall–Kier alpha value is -2.48. The van der Waals surface area contributed by atoms with E-state index < -0.39 is 0 Å². The Kier molecular flexibility index (Phi) is 18.7. The molecule has 0 spiro atoms. The van der Waals surface area contributed by atoms with Crippen molar-refractivity contribution in [2.24, 2.45) is 0 Å². The molecule has 0 unspecified atom stereocenters. The fourth-order valence-corrected chi connectivity index (χ4v) is 8.15. The molecule has 0 fully saturated rings. The van der Waals surface area contributed by atoms with Crippen LogP contribution in [0.5, 0.6) is 0 Å². The first-order valence-electron chi connectivity index (χ1n) is 21.2.